The minimum atomic E-state index is -0.494. The average molecular weight is 478 g/mol. The first-order chi connectivity index (χ1) is 16.5. The van der Waals surface area contributed by atoms with E-state index in [1.807, 2.05) is 62.4 Å². The summed E-state index contributed by atoms with van der Waals surface area (Å²) in [5.41, 5.74) is 2.67. The van der Waals surface area contributed by atoms with Crippen LogP contribution in [0, 0.1) is 6.92 Å². The zero-order valence-corrected chi connectivity index (χ0v) is 19.7. The second-order valence-electron chi connectivity index (χ2n) is 7.45. The van der Waals surface area contributed by atoms with Gasteiger partial charge in [-0.25, -0.2) is 9.79 Å². The van der Waals surface area contributed by atoms with Gasteiger partial charge in [0, 0.05) is 10.6 Å². The van der Waals surface area contributed by atoms with E-state index in [1.54, 1.807) is 24.3 Å². The van der Waals surface area contributed by atoms with Crippen molar-refractivity contribution < 1.29 is 23.7 Å². The Morgan fingerprint density at radius 1 is 0.941 bits per heavy atom. The van der Waals surface area contributed by atoms with Crippen molar-refractivity contribution in [1.29, 1.82) is 0 Å². The molecule has 7 heteroatoms. The van der Waals surface area contributed by atoms with Crippen molar-refractivity contribution in [3.63, 3.8) is 0 Å². The van der Waals surface area contributed by atoms with Gasteiger partial charge in [-0.05, 0) is 73.5 Å². The third-order valence-corrected chi connectivity index (χ3v) is 5.38. The number of cyclic esters (lactones) is 1. The van der Waals surface area contributed by atoms with Crippen LogP contribution in [0.3, 0.4) is 0 Å². The Morgan fingerprint density at radius 3 is 2.50 bits per heavy atom. The molecule has 6 nitrogen and oxygen atoms in total. The number of benzene rings is 3. The summed E-state index contributed by atoms with van der Waals surface area (Å²) >= 11 is 6.05. The fourth-order valence-corrected chi connectivity index (χ4v) is 3.41. The third-order valence-electron chi connectivity index (χ3n) is 4.95. The zero-order chi connectivity index (χ0) is 23.9. The topological polar surface area (TPSA) is 66.4 Å². The second kappa shape index (κ2) is 10.9. The summed E-state index contributed by atoms with van der Waals surface area (Å²) in [7, 11) is 0. The van der Waals surface area contributed by atoms with Gasteiger partial charge in [-0.3, -0.25) is 0 Å². The van der Waals surface area contributed by atoms with Gasteiger partial charge in [0.2, 0.25) is 5.90 Å². The Bertz CT molecular complexity index is 1240. The molecule has 1 aliphatic rings. The predicted octanol–water partition coefficient (Wildman–Crippen LogP) is 5.85. The number of rotatable bonds is 9. The molecule has 0 bridgehead atoms. The molecule has 1 heterocycles. The van der Waals surface area contributed by atoms with Crippen molar-refractivity contribution in [2.45, 2.75) is 13.8 Å². The van der Waals surface area contributed by atoms with Crippen molar-refractivity contribution in [2.24, 2.45) is 4.99 Å². The van der Waals surface area contributed by atoms with E-state index >= 15 is 0 Å². The minimum Gasteiger partial charge on any atom is -0.490 e. The van der Waals surface area contributed by atoms with Gasteiger partial charge in [-0.1, -0.05) is 35.9 Å². The van der Waals surface area contributed by atoms with Crippen molar-refractivity contribution >= 4 is 29.5 Å². The highest BCUT2D eigenvalue weighted by molar-refractivity contribution is 6.31. The summed E-state index contributed by atoms with van der Waals surface area (Å²) in [4.78, 5) is 16.6. The van der Waals surface area contributed by atoms with Crippen LogP contribution in [0.5, 0.6) is 17.2 Å². The largest absolute Gasteiger partial charge is 0.490 e. The summed E-state index contributed by atoms with van der Waals surface area (Å²) in [6.45, 7) is 4.98. The van der Waals surface area contributed by atoms with E-state index < -0.39 is 5.97 Å². The highest BCUT2D eigenvalue weighted by Gasteiger charge is 2.24. The summed E-state index contributed by atoms with van der Waals surface area (Å²) < 4.78 is 22.7. The molecule has 0 aromatic heterocycles. The Balaban J connectivity index is 1.43. The van der Waals surface area contributed by atoms with E-state index in [-0.39, 0.29) is 11.6 Å². The maximum absolute atomic E-state index is 12.3. The fourth-order valence-electron chi connectivity index (χ4n) is 3.29. The molecule has 0 fully saturated rings. The number of carbonyl (C=O) groups is 1. The van der Waals surface area contributed by atoms with Gasteiger partial charge in [0.15, 0.2) is 17.2 Å². The number of hydrogen-bond acceptors (Lipinski definition) is 6. The van der Waals surface area contributed by atoms with E-state index in [0.29, 0.717) is 36.3 Å². The number of carbonyl (C=O) groups excluding carboxylic acids is 1. The van der Waals surface area contributed by atoms with Gasteiger partial charge in [-0.15, -0.1) is 0 Å². The molecule has 0 aliphatic carbocycles. The Kier molecular flexibility index (Phi) is 7.50. The highest BCUT2D eigenvalue weighted by atomic mass is 35.5. The summed E-state index contributed by atoms with van der Waals surface area (Å²) in [6, 6.07) is 20.2. The molecule has 3 aromatic rings. The molecule has 4 rings (SSSR count). The Morgan fingerprint density at radius 2 is 1.74 bits per heavy atom. The molecule has 0 amide bonds. The highest BCUT2D eigenvalue weighted by Crippen LogP contribution is 2.30. The number of halogens is 1. The van der Waals surface area contributed by atoms with Crippen molar-refractivity contribution in [3.05, 3.63) is 94.1 Å². The average Bonchev–Trinajstić information content (AvgIpc) is 3.21. The number of esters is 1. The summed E-state index contributed by atoms with van der Waals surface area (Å²) in [6.07, 6.45) is 1.66. The fraction of sp³-hybridized carbons (Fsp3) is 0.185. The first-order valence-corrected chi connectivity index (χ1v) is 11.3. The minimum absolute atomic E-state index is 0.224. The van der Waals surface area contributed by atoms with Gasteiger partial charge in [0.25, 0.3) is 0 Å². The molecule has 0 saturated carbocycles. The van der Waals surface area contributed by atoms with Crippen LogP contribution in [-0.4, -0.2) is 31.7 Å². The van der Waals surface area contributed by atoms with Gasteiger partial charge in [0.05, 0.1) is 6.61 Å². The molecular formula is C27H24ClNO5. The monoisotopic (exact) mass is 477 g/mol. The number of aryl methyl sites for hydroxylation is 1. The maximum Gasteiger partial charge on any atom is 0.363 e. The number of ether oxygens (including phenoxy) is 4. The first kappa shape index (κ1) is 23.4. The van der Waals surface area contributed by atoms with E-state index in [9.17, 15) is 4.79 Å². The van der Waals surface area contributed by atoms with Gasteiger partial charge < -0.3 is 18.9 Å². The van der Waals surface area contributed by atoms with Gasteiger partial charge >= 0.3 is 5.97 Å². The lowest BCUT2D eigenvalue weighted by Gasteiger charge is -2.13. The molecule has 0 unspecified atom stereocenters. The lowest BCUT2D eigenvalue weighted by molar-refractivity contribution is -0.129. The van der Waals surface area contributed by atoms with Crippen molar-refractivity contribution in [2.75, 3.05) is 19.8 Å². The molecule has 0 radical (unpaired) electrons. The molecule has 0 atom stereocenters. The van der Waals surface area contributed by atoms with E-state index in [4.69, 9.17) is 30.5 Å². The lowest BCUT2D eigenvalue weighted by atomic mass is 10.1. The van der Waals surface area contributed by atoms with Crippen LogP contribution in [0.15, 0.2) is 77.4 Å². The van der Waals surface area contributed by atoms with Gasteiger partial charge in [-0.2, -0.15) is 0 Å². The molecule has 34 heavy (non-hydrogen) atoms. The normalized spacial score (nSPS) is 14.0. The number of aliphatic imine (C=N–C) groups is 1. The van der Waals surface area contributed by atoms with Crippen LogP contribution in [0.25, 0.3) is 6.08 Å². The van der Waals surface area contributed by atoms with Crippen molar-refractivity contribution in [3.8, 4) is 17.2 Å². The van der Waals surface area contributed by atoms with Crippen LogP contribution in [0.2, 0.25) is 5.02 Å². The van der Waals surface area contributed by atoms with Crippen LogP contribution in [-0.2, 0) is 9.53 Å². The molecule has 0 N–H and O–H groups in total. The number of hydrogen-bond donors (Lipinski definition) is 0. The molecule has 174 valence electrons. The Labute approximate surface area is 203 Å². The van der Waals surface area contributed by atoms with Crippen LogP contribution in [0.1, 0.15) is 23.6 Å². The summed E-state index contributed by atoms with van der Waals surface area (Å²) in [5.74, 6) is 1.68. The van der Waals surface area contributed by atoms with Crippen molar-refractivity contribution in [1.82, 2.24) is 0 Å². The smallest absolute Gasteiger partial charge is 0.363 e. The standard InChI is InChI=1S/C27H24ClNO5/c1-3-31-25-17-19(16-23-27(30)34-26(29-23)20-7-5-4-6-8-20)9-12-24(25)33-14-13-32-21-10-11-22(28)18(2)15-21/h4-12,15-17H,3,13-14H2,1-2H3/b23-16+. The predicted molar refractivity (Wildman–Crippen MR) is 132 cm³/mol. The van der Waals surface area contributed by atoms with Crippen LogP contribution < -0.4 is 14.2 Å². The van der Waals surface area contributed by atoms with E-state index in [1.165, 1.54) is 0 Å². The van der Waals surface area contributed by atoms with E-state index in [2.05, 4.69) is 4.99 Å². The Hall–Kier alpha value is -3.77. The first-order valence-electron chi connectivity index (χ1n) is 10.9. The quantitative estimate of drug-likeness (QED) is 0.220. The molecule has 0 saturated heterocycles. The zero-order valence-electron chi connectivity index (χ0n) is 18.9. The van der Waals surface area contributed by atoms with Crippen LogP contribution >= 0.6 is 11.6 Å². The van der Waals surface area contributed by atoms with Gasteiger partial charge in [0.1, 0.15) is 19.0 Å². The molecular weight excluding hydrogens is 454 g/mol. The lowest BCUT2D eigenvalue weighted by Crippen LogP contribution is -2.10. The second-order valence-corrected chi connectivity index (χ2v) is 7.86. The summed E-state index contributed by atoms with van der Waals surface area (Å²) in [5, 5.41) is 0.702. The maximum atomic E-state index is 12.3. The third kappa shape index (κ3) is 5.77. The molecule has 3 aromatic carbocycles. The SMILES string of the molecule is CCOc1cc(/C=C2/N=C(c3ccccc3)OC2=O)ccc1OCCOc1ccc(Cl)c(C)c1. The van der Waals surface area contributed by atoms with Crippen LogP contribution in [0.4, 0.5) is 0 Å². The molecule has 0 spiro atoms. The van der Waals surface area contributed by atoms with E-state index in [0.717, 1.165) is 22.4 Å². The number of nitrogens with zero attached hydrogens (tertiary/aromatic N) is 1. The molecule has 1 aliphatic heterocycles.